The van der Waals surface area contributed by atoms with Gasteiger partial charge in [0.2, 0.25) is 11.8 Å². The van der Waals surface area contributed by atoms with Gasteiger partial charge in [0.25, 0.3) is 0 Å². The first-order valence-electron chi connectivity index (χ1n) is 9.42. The summed E-state index contributed by atoms with van der Waals surface area (Å²) in [6, 6.07) is 8.08. The smallest absolute Gasteiger partial charge is 0.243 e. The highest BCUT2D eigenvalue weighted by atomic mass is 16.2. The lowest BCUT2D eigenvalue weighted by atomic mass is 9.92. The van der Waals surface area contributed by atoms with Gasteiger partial charge in [-0.1, -0.05) is 38.1 Å². The van der Waals surface area contributed by atoms with E-state index in [2.05, 4.69) is 22.8 Å². The average molecular weight is 343 g/mol. The molecule has 5 nitrogen and oxygen atoms in total. The van der Waals surface area contributed by atoms with Gasteiger partial charge >= 0.3 is 0 Å². The van der Waals surface area contributed by atoms with Crippen molar-refractivity contribution in [3.05, 3.63) is 35.4 Å². The maximum atomic E-state index is 12.8. The Morgan fingerprint density at radius 2 is 2.04 bits per heavy atom. The minimum absolute atomic E-state index is 0.0275. The molecular weight excluding hydrogens is 314 g/mol. The highest BCUT2D eigenvalue weighted by Crippen LogP contribution is 2.25. The zero-order valence-electron chi connectivity index (χ0n) is 15.3. The summed E-state index contributed by atoms with van der Waals surface area (Å²) in [6.45, 7) is 6.27. The van der Waals surface area contributed by atoms with Crippen LogP contribution in [-0.2, 0) is 22.6 Å². The maximum Gasteiger partial charge on any atom is 0.243 e. The Labute approximate surface area is 150 Å². The first kappa shape index (κ1) is 17.9. The fourth-order valence-corrected chi connectivity index (χ4v) is 3.76. The van der Waals surface area contributed by atoms with Crippen LogP contribution in [0.15, 0.2) is 24.3 Å². The zero-order valence-corrected chi connectivity index (χ0v) is 15.3. The van der Waals surface area contributed by atoms with Crippen LogP contribution in [0, 0.1) is 5.92 Å². The number of benzene rings is 1. The number of hydrogen-bond acceptors (Lipinski definition) is 3. The van der Waals surface area contributed by atoms with E-state index in [1.165, 1.54) is 5.56 Å². The third-order valence-electron chi connectivity index (χ3n) is 5.14. The van der Waals surface area contributed by atoms with Crippen molar-refractivity contribution in [3.8, 4) is 0 Å². The standard InChI is InChI=1S/C20H29N3O2/c1-14(2)10-19(24)23-13-16-7-4-3-6-15(16)11-18(23)20(25)22-12-17-8-5-9-21-17/h3-4,6-7,14,17-18,21H,5,8-13H2,1-2H3,(H,22,25). The van der Waals surface area contributed by atoms with Crippen LogP contribution in [0.25, 0.3) is 0 Å². The van der Waals surface area contributed by atoms with Crippen molar-refractivity contribution >= 4 is 11.8 Å². The van der Waals surface area contributed by atoms with Crippen LogP contribution in [-0.4, -0.2) is 41.9 Å². The molecule has 3 rings (SSSR count). The molecule has 1 aromatic rings. The number of nitrogens with zero attached hydrogens (tertiary/aromatic N) is 1. The van der Waals surface area contributed by atoms with E-state index in [9.17, 15) is 9.59 Å². The molecule has 1 fully saturated rings. The number of carbonyl (C=O) groups excluding carboxylic acids is 2. The van der Waals surface area contributed by atoms with Crippen LogP contribution in [0.2, 0.25) is 0 Å². The molecule has 2 heterocycles. The number of carbonyl (C=O) groups is 2. The van der Waals surface area contributed by atoms with Gasteiger partial charge in [0.05, 0.1) is 0 Å². The van der Waals surface area contributed by atoms with Crippen LogP contribution in [0.3, 0.4) is 0 Å². The number of hydrogen-bond donors (Lipinski definition) is 2. The summed E-state index contributed by atoms with van der Waals surface area (Å²) in [5, 5.41) is 6.46. The first-order chi connectivity index (χ1) is 12.0. The van der Waals surface area contributed by atoms with E-state index >= 15 is 0 Å². The first-order valence-corrected chi connectivity index (χ1v) is 9.42. The molecule has 5 heteroatoms. The van der Waals surface area contributed by atoms with Gasteiger partial charge in [-0.2, -0.15) is 0 Å². The Bertz CT molecular complexity index is 623. The van der Waals surface area contributed by atoms with Gasteiger partial charge in [0.15, 0.2) is 0 Å². The Balaban J connectivity index is 1.72. The van der Waals surface area contributed by atoms with Crippen molar-refractivity contribution in [3.63, 3.8) is 0 Å². The minimum Gasteiger partial charge on any atom is -0.353 e. The number of fused-ring (bicyclic) bond motifs is 1. The molecule has 2 aliphatic rings. The third kappa shape index (κ3) is 4.40. The SMILES string of the molecule is CC(C)CC(=O)N1Cc2ccccc2CC1C(=O)NCC1CCCN1. The van der Waals surface area contributed by atoms with E-state index in [1.54, 1.807) is 4.90 Å². The van der Waals surface area contributed by atoms with E-state index in [-0.39, 0.29) is 17.7 Å². The third-order valence-corrected chi connectivity index (χ3v) is 5.14. The normalized spacial score (nSPS) is 22.8. The summed E-state index contributed by atoms with van der Waals surface area (Å²) >= 11 is 0. The molecule has 0 spiro atoms. The van der Waals surface area contributed by atoms with Gasteiger partial charge in [0.1, 0.15) is 6.04 Å². The maximum absolute atomic E-state index is 12.8. The Morgan fingerprint density at radius 1 is 1.28 bits per heavy atom. The summed E-state index contributed by atoms with van der Waals surface area (Å²) in [5.74, 6) is 0.333. The lowest BCUT2D eigenvalue weighted by molar-refractivity contribution is -0.142. The van der Waals surface area contributed by atoms with Gasteiger partial charge < -0.3 is 15.5 Å². The molecular formula is C20H29N3O2. The van der Waals surface area contributed by atoms with Gasteiger partial charge in [-0.3, -0.25) is 9.59 Å². The average Bonchev–Trinajstić information content (AvgIpc) is 3.11. The zero-order chi connectivity index (χ0) is 17.8. The lowest BCUT2D eigenvalue weighted by Gasteiger charge is -2.36. The highest BCUT2D eigenvalue weighted by molar-refractivity contribution is 5.88. The summed E-state index contributed by atoms with van der Waals surface area (Å²) in [7, 11) is 0. The number of amides is 2. The van der Waals surface area contributed by atoms with Crippen molar-refractivity contribution in [1.29, 1.82) is 0 Å². The number of rotatable bonds is 5. The molecule has 0 aromatic heterocycles. The van der Waals surface area contributed by atoms with E-state index in [0.717, 1.165) is 24.9 Å². The molecule has 2 N–H and O–H groups in total. The van der Waals surface area contributed by atoms with Crippen molar-refractivity contribution in [2.45, 2.75) is 58.2 Å². The van der Waals surface area contributed by atoms with Crippen LogP contribution < -0.4 is 10.6 Å². The van der Waals surface area contributed by atoms with E-state index in [4.69, 9.17) is 0 Å². The van der Waals surface area contributed by atoms with Crippen LogP contribution in [0.4, 0.5) is 0 Å². The largest absolute Gasteiger partial charge is 0.353 e. The molecule has 0 saturated carbocycles. The molecule has 0 aliphatic carbocycles. The van der Waals surface area contributed by atoms with E-state index in [0.29, 0.717) is 32.0 Å². The second-order valence-corrected chi connectivity index (χ2v) is 7.65. The van der Waals surface area contributed by atoms with Gasteiger partial charge in [0, 0.05) is 32.0 Å². The minimum atomic E-state index is -0.400. The fraction of sp³-hybridized carbons (Fsp3) is 0.600. The highest BCUT2D eigenvalue weighted by Gasteiger charge is 2.34. The van der Waals surface area contributed by atoms with Crippen molar-refractivity contribution in [1.82, 2.24) is 15.5 Å². The van der Waals surface area contributed by atoms with Gasteiger partial charge in [-0.05, 0) is 36.4 Å². The van der Waals surface area contributed by atoms with Crippen molar-refractivity contribution in [2.24, 2.45) is 5.92 Å². The molecule has 2 amide bonds. The second-order valence-electron chi connectivity index (χ2n) is 7.65. The molecule has 136 valence electrons. The van der Waals surface area contributed by atoms with E-state index in [1.807, 2.05) is 26.0 Å². The van der Waals surface area contributed by atoms with Crippen LogP contribution in [0.5, 0.6) is 0 Å². The quantitative estimate of drug-likeness (QED) is 0.858. The molecule has 0 radical (unpaired) electrons. The predicted octanol–water partition coefficient (Wildman–Crippen LogP) is 1.85. The molecule has 1 saturated heterocycles. The summed E-state index contributed by atoms with van der Waals surface area (Å²) in [5.41, 5.74) is 2.33. The van der Waals surface area contributed by atoms with Crippen molar-refractivity contribution in [2.75, 3.05) is 13.1 Å². The molecule has 2 atom stereocenters. The molecule has 2 unspecified atom stereocenters. The number of nitrogens with one attached hydrogen (secondary N) is 2. The Morgan fingerprint density at radius 3 is 2.72 bits per heavy atom. The predicted molar refractivity (Wildman–Crippen MR) is 98.0 cm³/mol. The Kier molecular flexibility index (Phi) is 5.74. The summed E-state index contributed by atoms with van der Waals surface area (Å²) in [4.78, 5) is 27.3. The van der Waals surface area contributed by atoms with Crippen molar-refractivity contribution < 1.29 is 9.59 Å². The van der Waals surface area contributed by atoms with Crippen LogP contribution >= 0.6 is 0 Å². The van der Waals surface area contributed by atoms with Gasteiger partial charge in [-0.15, -0.1) is 0 Å². The fourth-order valence-electron chi connectivity index (χ4n) is 3.76. The summed E-state index contributed by atoms with van der Waals surface area (Å²) in [6.07, 6.45) is 3.35. The molecule has 0 bridgehead atoms. The topological polar surface area (TPSA) is 61.4 Å². The monoisotopic (exact) mass is 343 g/mol. The Hall–Kier alpha value is -1.88. The summed E-state index contributed by atoms with van der Waals surface area (Å²) < 4.78 is 0. The molecule has 2 aliphatic heterocycles. The van der Waals surface area contributed by atoms with E-state index < -0.39 is 6.04 Å². The van der Waals surface area contributed by atoms with Gasteiger partial charge in [-0.25, -0.2) is 0 Å². The second kappa shape index (κ2) is 8.00. The molecule has 25 heavy (non-hydrogen) atoms. The van der Waals surface area contributed by atoms with Crippen LogP contribution in [0.1, 0.15) is 44.2 Å². The lowest BCUT2D eigenvalue weighted by Crippen LogP contribution is -2.54. The molecule has 1 aromatic carbocycles.